The number of amides is 2. The molecule has 0 aromatic heterocycles. The van der Waals surface area contributed by atoms with Gasteiger partial charge in [-0.25, -0.2) is 8.42 Å². The summed E-state index contributed by atoms with van der Waals surface area (Å²) in [6.07, 6.45) is 2.69. The average Bonchev–Trinajstić information content (AvgIpc) is 2.75. The fraction of sp³-hybridized carbons (Fsp3) is 0.391. The van der Waals surface area contributed by atoms with Gasteiger partial charge in [0.15, 0.2) is 0 Å². The van der Waals surface area contributed by atoms with E-state index in [0.717, 1.165) is 23.4 Å². The van der Waals surface area contributed by atoms with Gasteiger partial charge in [-0.15, -0.1) is 0 Å². The maximum atomic E-state index is 13.5. The van der Waals surface area contributed by atoms with E-state index in [-0.39, 0.29) is 23.2 Å². The quantitative estimate of drug-likeness (QED) is 0.411. The van der Waals surface area contributed by atoms with Crippen molar-refractivity contribution in [2.75, 3.05) is 23.7 Å². The first-order chi connectivity index (χ1) is 15.9. The van der Waals surface area contributed by atoms with Gasteiger partial charge >= 0.3 is 0 Å². The summed E-state index contributed by atoms with van der Waals surface area (Å²) in [5.41, 5.74) is 0.814. The summed E-state index contributed by atoms with van der Waals surface area (Å²) in [5, 5.41) is 3.71. The number of carbonyl (C=O) groups is 2. The zero-order valence-corrected chi connectivity index (χ0v) is 22.3. The first-order valence-corrected chi connectivity index (χ1v) is 13.7. The number of hydrogen-bond acceptors (Lipinski definition) is 4. The molecule has 0 aliphatic heterocycles. The number of benzene rings is 2. The zero-order valence-electron chi connectivity index (χ0n) is 19.2. The highest BCUT2D eigenvalue weighted by Gasteiger charge is 2.30. The van der Waals surface area contributed by atoms with Gasteiger partial charge in [-0.1, -0.05) is 60.3 Å². The predicted molar refractivity (Wildman–Crippen MR) is 138 cm³/mol. The number of sulfonamides is 1. The van der Waals surface area contributed by atoms with Crippen LogP contribution < -0.4 is 9.62 Å². The number of nitrogens with zero attached hydrogens (tertiary/aromatic N) is 2. The number of hydrogen-bond donors (Lipinski definition) is 1. The van der Waals surface area contributed by atoms with E-state index in [1.807, 2.05) is 6.92 Å². The van der Waals surface area contributed by atoms with E-state index < -0.39 is 28.5 Å². The molecule has 2 aromatic rings. The Morgan fingerprint density at radius 3 is 2.32 bits per heavy atom. The highest BCUT2D eigenvalue weighted by molar-refractivity contribution is 7.92. The molecule has 0 aliphatic rings. The molecule has 34 heavy (non-hydrogen) atoms. The monoisotopic (exact) mass is 547 g/mol. The van der Waals surface area contributed by atoms with Crippen LogP contribution in [0.5, 0.6) is 0 Å². The van der Waals surface area contributed by atoms with Crippen LogP contribution in [0.25, 0.3) is 0 Å². The highest BCUT2D eigenvalue weighted by Crippen LogP contribution is 2.30. The van der Waals surface area contributed by atoms with Crippen LogP contribution in [0.2, 0.25) is 15.1 Å². The normalized spacial score (nSPS) is 12.2. The summed E-state index contributed by atoms with van der Waals surface area (Å²) < 4.78 is 26.1. The summed E-state index contributed by atoms with van der Waals surface area (Å²) in [7, 11) is -3.89. The Hall–Kier alpha value is -2.00. The van der Waals surface area contributed by atoms with E-state index in [1.165, 1.54) is 23.1 Å². The number of anilines is 1. The van der Waals surface area contributed by atoms with E-state index in [0.29, 0.717) is 22.2 Å². The van der Waals surface area contributed by atoms with Crippen LogP contribution in [0.4, 0.5) is 5.69 Å². The molecule has 2 amide bonds. The third-order valence-electron chi connectivity index (χ3n) is 5.10. The zero-order chi connectivity index (χ0) is 25.5. The lowest BCUT2D eigenvalue weighted by Gasteiger charge is -2.31. The summed E-state index contributed by atoms with van der Waals surface area (Å²) in [6, 6.07) is 10.4. The van der Waals surface area contributed by atoms with Crippen LogP contribution in [0.15, 0.2) is 42.5 Å². The van der Waals surface area contributed by atoms with E-state index in [1.54, 1.807) is 31.2 Å². The minimum atomic E-state index is -3.89. The summed E-state index contributed by atoms with van der Waals surface area (Å²) in [4.78, 5) is 27.5. The lowest BCUT2D eigenvalue weighted by molar-refractivity contribution is -0.139. The van der Waals surface area contributed by atoms with Crippen molar-refractivity contribution >= 4 is 62.3 Å². The standard InChI is InChI=1S/C23H28Cl3N3O4S/c1-4-5-11-27-23(31)16(2)28(14-17-7-6-8-18(24)12-17)22(30)15-29(34(3,32)33)21-10-9-19(25)13-20(21)26/h6-10,12-13,16H,4-5,11,14-15H2,1-3H3,(H,27,31)/t16-/m1/s1. The second kappa shape index (κ2) is 12.6. The smallest absolute Gasteiger partial charge is 0.244 e. The molecule has 0 spiro atoms. The lowest BCUT2D eigenvalue weighted by Crippen LogP contribution is -2.51. The van der Waals surface area contributed by atoms with E-state index in [9.17, 15) is 18.0 Å². The lowest BCUT2D eigenvalue weighted by atomic mass is 10.1. The van der Waals surface area contributed by atoms with Crippen LogP contribution in [0.3, 0.4) is 0 Å². The van der Waals surface area contributed by atoms with Crippen LogP contribution in [-0.2, 0) is 26.2 Å². The molecule has 2 rings (SSSR count). The molecule has 0 heterocycles. The predicted octanol–water partition coefficient (Wildman–Crippen LogP) is 4.75. The molecule has 0 saturated carbocycles. The molecule has 1 atom stereocenters. The molecule has 0 bridgehead atoms. The third-order valence-corrected chi connectivity index (χ3v) is 7.00. The molecule has 186 valence electrons. The van der Waals surface area contributed by atoms with E-state index in [4.69, 9.17) is 34.8 Å². The molecule has 0 fully saturated rings. The van der Waals surface area contributed by atoms with Gasteiger partial charge < -0.3 is 10.2 Å². The van der Waals surface area contributed by atoms with Gasteiger partial charge in [0.1, 0.15) is 12.6 Å². The average molecular weight is 549 g/mol. The molecule has 2 aromatic carbocycles. The number of unbranched alkanes of at least 4 members (excludes halogenated alkanes) is 1. The second-order valence-electron chi connectivity index (χ2n) is 7.84. The minimum absolute atomic E-state index is 0.0632. The molecular formula is C23H28Cl3N3O4S. The Balaban J connectivity index is 2.38. The van der Waals surface area contributed by atoms with Crippen molar-refractivity contribution in [2.45, 2.75) is 39.3 Å². The molecule has 1 N–H and O–H groups in total. The molecule has 0 radical (unpaired) electrons. The van der Waals surface area contributed by atoms with Gasteiger partial charge in [0, 0.05) is 23.1 Å². The second-order valence-corrected chi connectivity index (χ2v) is 11.0. The number of halogens is 3. The van der Waals surface area contributed by atoms with Crippen molar-refractivity contribution < 1.29 is 18.0 Å². The van der Waals surface area contributed by atoms with Crippen molar-refractivity contribution in [1.82, 2.24) is 10.2 Å². The van der Waals surface area contributed by atoms with Crippen LogP contribution in [0, 0.1) is 0 Å². The fourth-order valence-corrected chi connectivity index (χ4v) is 4.86. The largest absolute Gasteiger partial charge is 0.354 e. The van der Waals surface area contributed by atoms with Crippen molar-refractivity contribution in [3.63, 3.8) is 0 Å². The number of nitrogens with one attached hydrogen (secondary N) is 1. The Kier molecular flexibility index (Phi) is 10.5. The minimum Gasteiger partial charge on any atom is -0.354 e. The van der Waals surface area contributed by atoms with Crippen LogP contribution >= 0.6 is 34.8 Å². The molecule has 0 unspecified atom stereocenters. The highest BCUT2D eigenvalue weighted by atomic mass is 35.5. The maximum absolute atomic E-state index is 13.5. The topological polar surface area (TPSA) is 86.8 Å². The van der Waals surface area contributed by atoms with Gasteiger partial charge in [-0.2, -0.15) is 0 Å². The molecule has 11 heteroatoms. The first-order valence-electron chi connectivity index (χ1n) is 10.7. The third kappa shape index (κ3) is 8.05. The van der Waals surface area contributed by atoms with Crippen molar-refractivity contribution in [3.05, 3.63) is 63.1 Å². The maximum Gasteiger partial charge on any atom is 0.244 e. The van der Waals surface area contributed by atoms with Gasteiger partial charge in [0.25, 0.3) is 0 Å². The summed E-state index contributed by atoms with van der Waals surface area (Å²) in [6.45, 7) is 3.60. The van der Waals surface area contributed by atoms with Gasteiger partial charge in [-0.3, -0.25) is 13.9 Å². The molecule has 7 nitrogen and oxygen atoms in total. The Labute approximate surface area is 216 Å². The molecule has 0 aliphatic carbocycles. The van der Waals surface area contributed by atoms with Crippen LogP contribution in [0.1, 0.15) is 32.3 Å². The Bertz CT molecular complexity index is 1130. The van der Waals surface area contributed by atoms with Crippen LogP contribution in [-0.4, -0.2) is 50.5 Å². The Morgan fingerprint density at radius 2 is 1.74 bits per heavy atom. The van der Waals surface area contributed by atoms with Gasteiger partial charge in [-0.05, 0) is 49.2 Å². The van der Waals surface area contributed by atoms with Gasteiger partial charge in [0.05, 0.1) is 17.0 Å². The SMILES string of the molecule is CCCCNC(=O)[C@@H](C)N(Cc1cccc(Cl)c1)C(=O)CN(c1ccc(Cl)cc1Cl)S(C)(=O)=O. The number of rotatable bonds is 11. The first kappa shape index (κ1) is 28.2. The Morgan fingerprint density at radius 1 is 1.06 bits per heavy atom. The fourth-order valence-electron chi connectivity index (χ4n) is 3.23. The van der Waals surface area contributed by atoms with E-state index in [2.05, 4.69) is 5.32 Å². The van der Waals surface area contributed by atoms with Crippen molar-refractivity contribution in [3.8, 4) is 0 Å². The summed E-state index contributed by atoms with van der Waals surface area (Å²) in [5.74, 6) is -0.909. The molecular weight excluding hydrogens is 521 g/mol. The summed E-state index contributed by atoms with van der Waals surface area (Å²) >= 11 is 18.3. The van der Waals surface area contributed by atoms with Crippen molar-refractivity contribution in [2.24, 2.45) is 0 Å². The van der Waals surface area contributed by atoms with Crippen molar-refractivity contribution in [1.29, 1.82) is 0 Å². The number of carbonyl (C=O) groups excluding carboxylic acids is 2. The van der Waals surface area contributed by atoms with Gasteiger partial charge in [0.2, 0.25) is 21.8 Å². The molecule has 0 saturated heterocycles. The van der Waals surface area contributed by atoms with E-state index >= 15 is 0 Å².